The van der Waals surface area contributed by atoms with E-state index in [1.807, 2.05) is 6.92 Å². The number of carbonyl (C=O) groups excluding carboxylic acids is 2. The van der Waals surface area contributed by atoms with Crippen molar-refractivity contribution in [2.45, 2.75) is 142 Å². The van der Waals surface area contributed by atoms with E-state index in [-0.39, 0.29) is 17.6 Å². The molecule has 0 saturated heterocycles. The molecule has 8 nitrogen and oxygen atoms in total. The second-order valence-electron chi connectivity index (χ2n) is 8.46. The molecule has 0 amide bonds. The van der Waals surface area contributed by atoms with Crippen LogP contribution in [0.3, 0.4) is 0 Å². The lowest BCUT2D eigenvalue weighted by Gasteiger charge is -2.17. The molecule has 4 N–H and O–H groups in total. The van der Waals surface area contributed by atoms with Crippen molar-refractivity contribution in [1.82, 2.24) is 0 Å². The maximum Gasteiger partial charge on any atom is 0.162 e. The number of hydrogen-bond donors (Lipinski definition) is 3. The van der Waals surface area contributed by atoms with Crippen LogP contribution in [-0.4, -0.2) is 46.1 Å². The second-order valence-corrected chi connectivity index (χ2v) is 8.46. The van der Waals surface area contributed by atoms with Gasteiger partial charge in [-0.25, -0.2) is 0 Å². The molecule has 0 radical (unpaired) electrons. The number of nitrogens with zero attached hydrogens (tertiary/aromatic N) is 3. The molecular weight excluding hydrogens is 408 g/mol. The number of ketones is 2. The molecule has 0 aliphatic carbocycles. The normalized spacial score (nSPS) is 14.3. The maximum atomic E-state index is 11.7. The Morgan fingerprint density at radius 1 is 0.781 bits per heavy atom. The van der Waals surface area contributed by atoms with Crippen molar-refractivity contribution < 1.29 is 19.8 Å². The minimum absolute atomic E-state index is 0.0907. The van der Waals surface area contributed by atoms with Gasteiger partial charge in [-0.05, 0) is 31.2 Å². The van der Waals surface area contributed by atoms with Gasteiger partial charge in [0.1, 0.15) is 12.2 Å². The minimum atomic E-state index is -1.13. The quantitative estimate of drug-likeness (QED) is 0.103. The number of unbranched alkanes of at least 4 members (excludes halogenated alkanes) is 6. The molecule has 0 saturated carbocycles. The third-order valence-corrected chi connectivity index (χ3v) is 5.43. The van der Waals surface area contributed by atoms with Crippen LogP contribution in [0, 0.1) is 0 Å². The molecule has 0 aromatic heterocycles. The van der Waals surface area contributed by atoms with Gasteiger partial charge in [-0.15, -0.1) is 0 Å². The van der Waals surface area contributed by atoms with Gasteiger partial charge in [0.25, 0.3) is 0 Å². The van der Waals surface area contributed by atoms with Crippen LogP contribution in [0.1, 0.15) is 118 Å². The third kappa shape index (κ3) is 17.1. The van der Waals surface area contributed by atoms with E-state index in [2.05, 4.69) is 30.8 Å². The fraction of sp³-hybridized carbons (Fsp3) is 0.917. The summed E-state index contributed by atoms with van der Waals surface area (Å²) in [5.41, 5.74) is 14.2. The zero-order valence-electron chi connectivity index (χ0n) is 20.8. The van der Waals surface area contributed by atoms with E-state index in [1.54, 1.807) is 0 Å². The number of rotatable bonds is 19. The number of nitrogens with two attached hydrogens (primary N) is 1. The van der Waals surface area contributed by atoms with Crippen LogP contribution >= 0.6 is 0 Å². The topological polar surface area (TPSA) is 149 Å². The average molecular weight is 457 g/mol. The molecule has 0 unspecified atom stereocenters. The predicted molar refractivity (Wildman–Crippen MR) is 130 cm³/mol. The van der Waals surface area contributed by atoms with Crippen molar-refractivity contribution in [1.29, 1.82) is 0 Å². The fourth-order valence-electron chi connectivity index (χ4n) is 3.20. The highest BCUT2D eigenvalue weighted by molar-refractivity contribution is 5.83. The highest BCUT2D eigenvalue weighted by atomic mass is 16.3. The summed E-state index contributed by atoms with van der Waals surface area (Å²) in [6, 6.07) is -0.979. The van der Waals surface area contributed by atoms with Gasteiger partial charge in [-0.2, -0.15) is 0 Å². The molecule has 0 heterocycles. The van der Waals surface area contributed by atoms with Gasteiger partial charge in [0, 0.05) is 23.8 Å². The Kier molecular flexibility index (Phi) is 23.2. The second kappa shape index (κ2) is 22.7. The van der Waals surface area contributed by atoms with Gasteiger partial charge in [-0.1, -0.05) is 84.2 Å². The number of carbonyl (C=O) groups is 2. The average Bonchev–Trinajstić information content (AvgIpc) is 2.79. The largest absolute Gasteiger partial charge is 0.385 e. The smallest absolute Gasteiger partial charge is 0.162 e. The predicted octanol–water partition coefficient (Wildman–Crippen LogP) is 5.38. The van der Waals surface area contributed by atoms with E-state index in [4.69, 9.17) is 11.3 Å². The molecule has 0 fully saturated rings. The highest BCUT2D eigenvalue weighted by Gasteiger charge is 2.24. The molecule has 8 heteroatoms. The molecule has 0 spiro atoms. The van der Waals surface area contributed by atoms with Crippen molar-refractivity contribution in [2.75, 3.05) is 0 Å². The van der Waals surface area contributed by atoms with Crippen LogP contribution in [0.4, 0.5) is 0 Å². The summed E-state index contributed by atoms with van der Waals surface area (Å²) in [5, 5.41) is 23.0. The van der Waals surface area contributed by atoms with Crippen LogP contribution in [0.15, 0.2) is 5.11 Å². The summed E-state index contributed by atoms with van der Waals surface area (Å²) in [5.74, 6) is -0.293. The van der Waals surface area contributed by atoms with E-state index in [0.717, 1.165) is 70.6 Å². The lowest BCUT2D eigenvalue weighted by Crippen LogP contribution is -2.40. The maximum absolute atomic E-state index is 11.7. The van der Waals surface area contributed by atoms with Crippen molar-refractivity contribution in [3.63, 3.8) is 0 Å². The monoisotopic (exact) mass is 456 g/mol. The molecule has 0 rings (SSSR count). The Labute approximate surface area is 195 Å². The zero-order valence-corrected chi connectivity index (χ0v) is 20.8. The summed E-state index contributed by atoms with van der Waals surface area (Å²) in [4.78, 5) is 25.9. The van der Waals surface area contributed by atoms with Gasteiger partial charge >= 0.3 is 0 Å². The fourth-order valence-corrected chi connectivity index (χ4v) is 3.20. The Bertz CT molecular complexity index is 524. The van der Waals surface area contributed by atoms with Crippen LogP contribution in [0.25, 0.3) is 10.4 Å². The van der Waals surface area contributed by atoms with E-state index in [9.17, 15) is 19.8 Å². The molecular formula is C24H48N4O4. The minimum Gasteiger partial charge on any atom is -0.385 e. The molecule has 4 atom stereocenters. The molecule has 0 aliphatic rings. The molecule has 0 aromatic carbocycles. The third-order valence-electron chi connectivity index (χ3n) is 5.43. The van der Waals surface area contributed by atoms with E-state index in [1.165, 1.54) is 0 Å². The van der Waals surface area contributed by atoms with Gasteiger partial charge in [0.2, 0.25) is 0 Å². The molecule has 0 bridgehead atoms. The Hall–Kier alpha value is -1.47. The zero-order chi connectivity index (χ0) is 24.8. The van der Waals surface area contributed by atoms with Crippen molar-refractivity contribution in [3.05, 3.63) is 10.4 Å². The summed E-state index contributed by atoms with van der Waals surface area (Å²) in [6.07, 6.45) is 9.71. The highest BCUT2D eigenvalue weighted by Crippen LogP contribution is 2.13. The molecule has 188 valence electrons. The Balaban J connectivity index is 0. The van der Waals surface area contributed by atoms with Crippen LogP contribution in [-0.2, 0) is 9.59 Å². The first-order chi connectivity index (χ1) is 15.3. The van der Waals surface area contributed by atoms with Crippen molar-refractivity contribution in [3.8, 4) is 0 Å². The molecule has 32 heavy (non-hydrogen) atoms. The lowest BCUT2D eigenvalue weighted by molar-refractivity contribution is -0.128. The van der Waals surface area contributed by atoms with Crippen molar-refractivity contribution >= 4 is 11.6 Å². The van der Waals surface area contributed by atoms with Crippen LogP contribution in [0.5, 0.6) is 0 Å². The van der Waals surface area contributed by atoms with E-state index >= 15 is 0 Å². The standard InChI is InChI=1S/C12H23N3O2.C12H25NO2/c1-3-5-7-9-11(16)12(17)10(14-15-13)8-6-4-2;1-3-5-7-9-11(14)12(15)10(13)8-6-4-2/h10,12,17H,3-9H2,1-2H3;10,12,15H,3-9,13H2,1-2H3/t2*10-,12-/m00/s1. The number of azide groups is 1. The van der Waals surface area contributed by atoms with Gasteiger partial charge in [0.05, 0.1) is 6.04 Å². The number of aliphatic hydroxyl groups is 2. The number of aliphatic hydroxyl groups excluding tert-OH is 2. The summed E-state index contributed by atoms with van der Waals surface area (Å²) < 4.78 is 0. The number of Topliss-reactive ketones (excluding diaryl/α,β-unsaturated/α-hetero) is 2. The summed E-state index contributed by atoms with van der Waals surface area (Å²) in [6.45, 7) is 8.24. The van der Waals surface area contributed by atoms with Crippen molar-refractivity contribution in [2.24, 2.45) is 10.8 Å². The Morgan fingerprint density at radius 2 is 1.22 bits per heavy atom. The first-order valence-corrected chi connectivity index (χ1v) is 12.5. The SMILES string of the molecule is CCCCCC(=O)[C@@H](O)[C@@H](N)CCCC.CCCCCC(=O)[C@@H](O)[C@H](CCCC)N=[N+]=[N-]. The Morgan fingerprint density at radius 3 is 1.66 bits per heavy atom. The van der Waals surface area contributed by atoms with E-state index in [0.29, 0.717) is 19.3 Å². The van der Waals surface area contributed by atoms with Gasteiger partial charge in [0.15, 0.2) is 11.6 Å². The van der Waals surface area contributed by atoms with Crippen LogP contribution < -0.4 is 5.73 Å². The lowest BCUT2D eigenvalue weighted by atomic mass is 9.98. The first kappa shape index (κ1) is 32.7. The molecule has 0 aromatic rings. The molecule has 0 aliphatic heterocycles. The summed E-state index contributed by atoms with van der Waals surface area (Å²) in [7, 11) is 0. The summed E-state index contributed by atoms with van der Waals surface area (Å²) >= 11 is 0. The first-order valence-electron chi connectivity index (χ1n) is 12.5. The number of hydrogen-bond acceptors (Lipinski definition) is 6. The van der Waals surface area contributed by atoms with Crippen LogP contribution in [0.2, 0.25) is 0 Å². The van der Waals surface area contributed by atoms with E-state index < -0.39 is 18.2 Å². The van der Waals surface area contributed by atoms with Gasteiger partial charge < -0.3 is 15.9 Å². The van der Waals surface area contributed by atoms with Gasteiger partial charge in [-0.3, -0.25) is 9.59 Å².